The van der Waals surface area contributed by atoms with Gasteiger partial charge in [0.1, 0.15) is 5.60 Å². The fourth-order valence-electron chi connectivity index (χ4n) is 2.09. The summed E-state index contributed by atoms with van der Waals surface area (Å²) in [5, 5.41) is 3.38. The second kappa shape index (κ2) is 9.23. The smallest absolute Gasteiger partial charge is 0.410 e. The molecule has 124 valence electrons. The number of nitrogens with one attached hydrogen (secondary N) is 1. The molecule has 0 saturated carbocycles. The summed E-state index contributed by atoms with van der Waals surface area (Å²) in [6.45, 7) is 10.7. The molecule has 1 amide bonds. The lowest BCUT2D eigenvalue weighted by Crippen LogP contribution is -2.42. The molecule has 0 bridgehead atoms. The normalized spacial score (nSPS) is 18.8. The monoisotopic (exact) mass is 302 g/mol. The second-order valence-corrected chi connectivity index (χ2v) is 6.39. The third-order valence-corrected chi connectivity index (χ3v) is 3.23. The molecule has 1 aliphatic rings. The van der Waals surface area contributed by atoms with Crippen molar-refractivity contribution in [2.45, 2.75) is 32.8 Å². The van der Waals surface area contributed by atoms with Crippen molar-refractivity contribution in [3.63, 3.8) is 0 Å². The van der Waals surface area contributed by atoms with Gasteiger partial charge in [0.2, 0.25) is 0 Å². The Balaban J connectivity index is 2.29. The number of hydrogen-bond donors (Lipinski definition) is 1. The number of rotatable bonds is 8. The van der Waals surface area contributed by atoms with Crippen molar-refractivity contribution < 1.29 is 19.0 Å². The predicted octanol–water partition coefficient (Wildman–Crippen LogP) is 1.50. The van der Waals surface area contributed by atoms with Crippen LogP contribution in [0.5, 0.6) is 0 Å². The Bertz CT molecular complexity index is 299. The zero-order valence-corrected chi connectivity index (χ0v) is 13.8. The third-order valence-electron chi connectivity index (χ3n) is 3.23. The molecule has 1 aliphatic heterocycles. The molecule has 1 unspecified atom stereocenters. The Labute approximate surface area is 128 Å². The third kappa shape index (κ3) is 8.24. The van der Waals surface area contributed by atoms with Gasteiger partial charge in [-0.15, -0.1) is 0 Å². The predicted molar refractivity (Wildman–Crippen MR) is 81.5 cm³/mol. The molecule has 0 spiro atoms. The lowest BCUT2D eigenvalue weighted by atomic mass is 10.1. The number of nitrogens with zero attached hydrogens (tertiary/aromatic N) is 1. The average Bonchev–Trinajstić information content (AvgIpc) is 2.88. The first kappa shape index (κ1) is 18.2. The van der Waals surface area contributed by atoms with Gasteiger partial charge in [-0.25, -0.2) is 4.79 Å². The summed E-state index contributed by atoms with van der Waals surface area (Å²) in [6.07, 6.45) is 0.831. The average molecular weight is 302 g/mol. The van der Waals surface area contributed by atoms with Crippen molar-refractivity contribution in [1.29, 1.82) is 0 Å². The van der Waals surface area contributed by atoms with Gasteiger partial charge in [0.25, 0.3) is 0 Å². The standard InChI is InChI=1S/C15H30N2O4/c1-15(2,3)21-14(18)17(8-10-19-4)7-6-16-11-13-5-9-20-12-13/h13,16H,5-12H2,1-4H3. The van der Waals surface area contributed by atoms with Crippen molar-refractivity contribution in [3.8, 4) is 0 Å². The number of methoxy groups -OCH3 is 1. The molecule has 6 heteroatoms. The van der Waals surface area contributed by atoms with E-state index in [2.05, 4.69) is 5.32 Å². The van der Waals surface area contributed by atoms with Crippen molar-refractivity contribution in [1.82, 2.24) is 10.2 Å². The minimum Gasteiger partial charge on any atom is -0.444 e. The van der Waals surface area contributed by atoms with E-state index >= 15 is 0 Å². The Morgan fingerprint density at radius 1 is 1.38 bits per heavy atom. The van der Waals surface area contributed by atoms with Gasteiger partial charge >= 0.3 is 6.09 Å². The van der Waals surface area contributed by atoms with Crippen molar-refractivity contribution in [2.24, 2.45) is 5.92 Å². The minimum absolute atomic E-state index is 0.287. The summed E-state index contributed by atoms with van der Waals surface area (Å²) >= 11 is 0. The van der Waals surface area contributed by atoms with Gasteiger partial charge in [-0.3, -0.25) is 0 Å². The molecule has 0 radical (unpaired) electrons. The molecule has 1 rings (SSSR count). The van der Waals surface area contributed by atoms with Crippen LogP contribution in [0.25, 0.3) is 0 Å². The fraction of sp³-hybridized carbons (Fsp3) is 0.933. The number of ether oxygens (including phenoxy) is 3. The van der Waals surface area contributed by atoms with E-state index in [4.69, 9.17) is 14.2 Å². The number of carbonyl (C=O) groups excluding carboxylic acids is 1. The summed E-state index contributed by atoms with van der Waals surface area (Å²) in [4.78, 5) is 13.8. The minimum atomic E-state index is -0.475. The molecule has 1 N–H and O–H groups in total. The summed E-state index contributed by atoms with van der Waals surface area (Å²) in [6, 6.07) is 0. The zero-order chi connectivity index (χ0) is 15.7. The Kier molecular flexibility index (Phi) is 8.00. The highest BCUT2D eigenvalue weighted by molar-refractivity contribution is 5.68. The molecule has 0 aliphatic carbocycles. The van der Waals surface area contributed by atoms with Crippen LogP contribution >= 0.6 is 0 Å². The van der Waals surface area contributed by atoms with E-state index in [1.807, 2.05) is 20.8 Å². The molecule has 21 heavy (non-hydrogen) atoms. The van der Waals surface area contributed by atoms with Crippen molar-refractivity contribution in [2.75, 3.05) is 53.1 Å². The quantitative estimate of drug-likeness (QED) is 0.689. The van der Waals surface area contributed by atoms with Crippen molar-refractivity contribution in [3.05, 3.63) is 0 Å². The van der Waals surface area contributed by atoms with Gasteiger partial charge < -0.3 is 24.4 Å². The summed E-state index contributed by atoms with van der Waals surface area (Å²) in [5.74, 6) is 0.596. The number of hydrogen-bond acceptors (Lipinski definition) is 5. The Hall–Kier alpha value is -0.850. The van der Waals surface area contributed by atoms with E-state index < -0.39 is 5.60 Å². The largest absolute Gasteiger partial charge is 0.444 e. The molecule has 0 aromatic carbocycles. The van der Waals surface area contributed by atoms with Crippen LogP contribution in [-0.2, 0) is 14.2 Å². The number of amides is 1. The maximum atomic E-state index is 12.1. The summed E-state index contributed by atoms with van der Waals surface area (Å²) in [5.41, 5.74) is -0.475. The van der Waals surface area contributed by atoms with Gasteiger partial charge in [-0.2, -0.15) is 0 Å². The van der Waals surface area contributed by atoms with Gasteiger partial charge in [-0.05, 0) is 33.1 Å². The zero-order valence-electron chi connectivity index (χ0n) is 13.8. The van der Waals surface area contributed by atoms with Crippen LogP contribution in [0, 0.1) is 5.92 Å². The lowest BCUT2D eigenvalue weighted by Gasteiger charge is -2.27. The van der Waals surface area contributed by atoms with E-state index in [0.717, 1.165) is 32.7 Å². The molecule has 0 aromatic rings. The van der Waals surface area contributed by atoms with Crippen molar-refractivity contribution >= 4 is 6.09 Å². The van der Waals surface area contributed by atoms with Gasteiger partial charge in [0.15, 0.2) is 0 Å². The first-order chi connectivity index (χ1) is 9.92. The highest BCUT2D eigenvalue weighted by atomic mass is 16.6. The van der Waals surface area contributed by atoms with Crippen LogP contribution < -0.4 is 5.32 Å². The van der Waals surface area contributed by atoms with Crippen LogP contribution in [0.2, 0.25) is 0 Å². The van der Waals surface area contributed by atoms with E-state index in [1.165, 1.54) is 0 Å². The van der Waals surface area contributed by atoms with Crippen LogP contribution in [0.4, 0.5) is 4.79 Å². The maximum absolute atomic E-state index is 12.1. The Morgan fingerprint density at radius 3 is 2.71 bits per heavy atom. The molecular weight excluding hydrogens is 272 g/mol. The van der Waals surface area contributed by atoms with E-state index in [1.54, 1.807) is 12.0 Å². The Morgan fingerprint density at radius 2 is 2.14 bits per heavy atom. The van der Waals surface area contributed by atoms with Gasteiger partial charge in [0, 0.05) is 39.9 Å². The van der Waals surface area contributed by atoms with E-state index in [9.17, 15) is 4.79 Å². The van der Waals surface area contributed by atoms with Crippen LogP contribution in [0.1, 0.15) is 27.2 Å². The molecule has 1 heterocycles. The molecule has 6 nitrogen and oxygen atoms in total. The number of carbonyl (C=O) groups is 1. The SMILES string of the molecule is COCCN(CCNCC1CCOC1)C(=O)OC(C)(C)C. The van der Waals surface area contributed by atoms with E-state index in [-0.39, 0.29) is 6.09 Å². The topological polar surface area (TPSA) is 60.0 Å². The maximum Gasteiger partial charge on any atom is 0.410 e. The van der Waals surface area contributed by atoms with Crippen LogP contribution in [0.15, 0.2) is 0 Å². The van der Waals surface area contributed by atoms with Crippen LogP contribution in [-0.4, -0.2) is 69.7 Å². The first-order valence-electron chi connectivity index (χ1n) is 7.67. The molecule has 0 aromatic heterocycles. The van der Waals surface area contributed by atoms with Gasteiger partial charge in [-0.1, -0.05) is 0 Å². The van der Waals surface area contributed by atoms with Crippen LogP contribution in [0.3, 0.4) is 0 Å². The molecule has 1 atom stereocenters. The lowest BCUT2D eigenvalue weighted by molar-refractivity contribution is 0.0204. The highest BCUT2D eigenvalue weighted by Gasteiger charge is 2.22. The molecular formula is C15H30N2O4. The van der Waals surface area contributed by atoms with Gasteiger partial charge in [0.05, 0.1) is 13.2 Å². The molecule has 1 fully saturated rings. The molecule has 1 saturated heterocycles. The summed E-state index contributed by atoms with van der Waals surface area (Å²) in [7, 11) is 1.63. The highest BCUT2D eigenvalue weighted by Crippen LogP contribution is 2.11. The fourth-order valence-corrected chi connectivity index (χ4v) is 2.09. The first-order valence-corrected chi connectivity index (χ1v) is 7.67. The summed E-state index contributed by atoms with van der Waals surface area (Å²) < 4.78 is 15.8. The second-order valence-electron chi connectivity index (χ2n) is 6.39. The van der Waals surface area contributed by atoms with E-state index in [0.29, 0.717) is 25.6 Å².